The zero-order valence-corrected chi connectivity index (χ0v) is 14.4. The fourth-order valence-corrected chi connectivity index (χ4v) is 3.44. The third kappa shape index (κ3) is 3.13. The molecule has 3 rings (SSSR count). The number of nitrogens with zero attached hydrogens (tertiary/aromatic N) is 4. The molecule has 0 aliphatic heterocycles. The van der Waals surface area contributed by atoms with Crippen LogP contribution in [0.2, 0.25) is 0 Å². The summed E-state index contributed by atoms with van der Waals surface area (Å²) in [5, 5.41) is 13.1. The lowest BCUT2D eigenvalue weighted by atomic mass is 10.2. The van der Waals surface area contributed by atoms with E-state index < -0.39 is 0 Å². The van der Waals surface area contributed by atoms with Gasteiger partial charge in [-0.2, -0.15) is 10.1 Å². The summed E-state index contributed by atoms with van der Waals surface area (Å²) < 4.78 is 7.19. The van der Waals surface area contributed by atoms with Crippen molar-refractivity contribution in [1.82, 2.24) is 24.7 Å². The van der Waals surface area contributed by atoms with Crippen LogP contribution < -0.4 is 5.32 Å². The number of rotatable bonds is 6. The van der Waals surface area contributed by atoms with Gasteiger partial charge in [0.05, 0.1) is 12.3 Å². The van der Waals surface area contributed by atoms with E-state index in [-0.39, 0.29) is 6.04 Å². The minimum Gasteiger partial charge on any atom is -0.383 e. The Kier molecular flexibility index (Phi) is 4.44. The van der Waals surface area contributed by atoms with Crippen LogP contribution in [0, 0.1) is 13.8 Å². The maximum absolute atomic E-state index is 5.14. The molecule has 0 aromatic carbocycles. The van der Waals surface area contributed by atoms with Crippen molar-refractivity contribution in [3.05, 3.63) is 29.2 Å². The average Bonchev–Trinajstić information content (AvgIpc) is 3.21. The molecular weight excluding hydrogens is 312 g/mol. The van der Waals surface area contributed by atoms with E-state index in [1.54, 1.807) is 18.4 Å². The fourth-order valence-electron chi connectivity index (χ4n) is 2.62. The summed E-state index contributed by atoms with van der Waals surface area (Å²) in [6.45, 7) is 6.82. The van der Waals surface area contributed by atoms with Crippen LogP contribution in [0.25, 0.3) is 17.2 Å². The molecule has 0 aliphatic rings. The average molecular weight is 332 g/mol. The zero-order chi connectivity index (χ0) is 16.4. The number of methoxy groups -OCH3 is 1. The Morgan fingerprint density at radius 3 is 2.96 bits per heavy atom. The molecule has 122 valence electrons. The van der Waals surface area contributed by atoms with Gasteiger partial charge in [-0.05, 0) is 26.8 Å². The number of thiazole rings is 1. The summed E-state index contributed by atoms with van der Waals surface area (Å²) in [4.78, 5) is 8.92. The number of aromatic amines is 1. The Balaban J connectivity index is 1.88. The Hall–Kier alpha value is -2.19. The normalized spacial score (nSPS) is 12.5. The second kappa shape index (κ2) is 6.51. The van der Waals surface area contributed by atoms with Crippen LogP contribution in [0.1, 0.15) is 18.3 Å². The van der Waals surface area contributed by atoms with Gasteiger partial charge in [0.25, 0.3) is 0 Å². The van der Waals surface area contributed by atoms with Crippen LogP contribution in [0.3, 0.4) is 0 Å². The van der Waals surface area contributed by atoms with E-state index in [1.807, 2.05) is 11.5 Å². The fraction of sp³-hybridized carbons (Fsp3) is 0.400. The molecule has 7 nitrogen and oxygen atoms in total. The maximum Gasteiger partial charge on any atom is 0.229 e. The smallest absolute Gasteiger partial charge is 0.229 e. The highest BCUT2D eigenvalue weighted by molar-refractivity contribution is 7.14. The maximum atomic E-state index is 5.14. The van der Waals surface area contributed by atoms with Gasteiger partial charge in [-0.3, -0.25) is 4.57 Å². The molecule has 3 aromatic heterocycles. The first-order chi connectivity index (χ1) is 11.1. The van der Waals surface area contributed by atoms with Crippen molar-refractivity contribution in [2.75, 3.05) is 19.0 Å². The van der Waals surface area contributed by atoms with E-state index in [1.165, 1.54) is 6.33 Å². The monoisotopic (exact) mass is 332 g/mol. The van der Waals surface area contributed by atoms with E-state index >= 15 is 0 Å². The second-order valence-electron chi connectivity index (χ2n) is 5.47. The number of ether oxygens (including phenoxy) is 1. The molecule has 0 fully saturated rings. The Labute approximate surface area is 138 Å². The van der Waals surface area contributed by atoms with Gasteiger partial charge in [-0.25, -0.2) is 10.1 Å². The highest BCUT2D eigenvalue weighted by Crippen LogP contribution is 2.31. The highest BCUT2D eigenvalue weighted by atomic mass is 32.1. The number of hydrogen-bond donors (Lipinski definition) is 2. The van der Waals surface area contributed by atoms with Crippen molar-refractivity contribution < 1.29 is 4.74 Å². The lowest BCUT2D eigenvalue weighted by molar-refractivity contribution is 0.190. The molecule has 23 heavy (non-hydrogen) atoms. The molecule has 1 atom stereocenters. The van der Waals surface area contributed by atoms with Crippen molar-refractivity contribution in [3.8, 4) is 17.2 Å². The number of aryl methyl sites for hydroxylation is 1. The van der Waals surface area contributed by atoms with Gasteiger partial charge < -0.3 is 10.1 Å². The molecule has 0 saturated heterocycles. The first kappa shape index (κ1) is 15.7. The van der Waals surface area contributed by atoms with Crippen LogP contribution in [0.4, 0.5) is 5.13 Å². The molecule has 0 saturated carbocycles. The summed E-state index contributed by atoms with van der Waals surface area (Å²) >= 11 is 1.60. The van der Waals surface area contributed by atoms with Gasteiger partial charge in [-0.15, -0.1) is 11.3 Å². The molecule has 0 bridgehead atoms. The van der Waals surface area contributed by atoms with E-state index in [9.17, 15) is 0 Å². The van der Waals surface area contributed by atoms with Crippen LogP contribution in [-0.4, -0.2) is 44.5 Å². The van der Waals surface area contributed by atoms with Gasteiger partial charge in [0.2, 0.25) is 5.95 Å². The van der Waals surface area contributed by atoms with E-state index in [0.29, 0.717) is 12.6 Å². The summed E-state index contributed by atoms with van der Waals surface area (Å²) in [5.74, 6) is 0.716. The van der Waals surface area contributed by atoms with E-state index in [0.717, 1.165) is 27.8 Å². The second-order valence-corrected chi connectivity index (χ2v) is 6.33. The number of anilines is 1. The molecule has 0 amide bonds. The number of hydrogen-bond acceptors (Lipinski definition) is 6. The minimum atomic E-state index is 0.223. The number of aromatic nitrogens is 5. The standard InChI is InChI=1S/C15H20N6OS/c1-9(6-22-4)18-15-19-13(7-23-15)12-5-10(2)21(11(12)3)14-16-8-17-20-14/h5,7-9H,6H2,1-4H3,(H,18,19)(H,16,17,20)/t9-/m1/s1. The summed E-state index contributed by atoms with van der Waals surface area (Å²) in [7, 11) is 1.70. The summed E-state index contributed by atoms with van der Waals surface area (Å²) in [6.07, 6.45) is 1.51. The highest BCUT2D eigenvalue weighted by Gasteiger charge is 2.16. The van der Waals surface area contributed by atoms with Crippen molar-refractivity contribution in [2.24, 2.45) is 0 Å². The van der Waals surface area contributed by atoms with Crippen LogP contribution in [0.5, 0.6) is 0 Å². The summed E-state index contributed by atoms with van der Waals surface area (Å²) in [5.41, 5.74) is 4.23. The molecular formula is C15H20N6OS. The molecule has 3 heterocycles. The lowest BCUT2D eigenvalue weighted by Gasteiger charge is -2.10. The van der Waals surface area contributed by atoms with Crippen LogP contribution >= 0.6 is 11.3 Å². The Morgan fingerprint density at radius 2 is 2.26 bits per heavy atom. The third-order valence-corrected chi connectivity index (χ3v) is 4.39. The molecule has 0 radical (unpaired) electrons. The first-order valence-corrected chi connectivity index (χ1v) is 8.24. The zero-order valence-electron chi connectivity index (χ0n) is 13.6. The lowest BCUT2D eigenvalue weighted by Crippen LogP contribution is -2.20. The largest absolute Gasteiger partial charge is 0.383 e. The molecule has 0 spiro atoms. The number of nitrogens with one attached hydrogen (secondary N) is 2. The topological polar surface area (TPSA) is 80.7 Å². The SMILES string of the molecule is COC[C@@H](C)Nc1nc(-c2cc(C)n(-c3ncn[nH]3)c2C)cs1. The quantitative estimate of drug-likeness (QED) is 0.725. The van der Waals surface area contributed by atoms with Crippen molar-refractivity contribution in [3.63, 3.8) is 0 Å². The van der Waals surface area contributed by atoms with Crippen molar-refractivity contribution in [1.29, 1.82) is 0 Å². The Bertz CT molecular complexity index is 776. The Morgan fingerprint density at radius 1 is 1.43 bits per heavy atom. The molecule has 3 aromatic rings. The van der Waals surface area contributed by atoms with Gasteiger partial charge in [0.15, 0.2) is 5.13 Å². The predicted octanol–water partition coefficient (Wildman–Crippen LogP) is 2.78. The third-order valence-electron chi connectivity index (χ3n) is 3.61. The minimum absolute atomic E-state index is 0.223. The van der Waals surface area contributed by atoms with E-state index in [4.69, 9.17) is 9.72 Å². The molecule has 0 unspecified atom stereocenters. The molecule has 2 N–H and O–H groups in total. The first-order valence-electron chi connectivity index (χ1n) is 7.36. The van der Waals surface area contributed by atoms with Crippen LogP contribution in [-0.2, 0) is 4.74 Å². The van der Waals surface area contributed by atoms with Crippen molar-refractivity contribution in [2.45, 2.75) is 26.8 Å². The van der Waals surface area contributed by atoms with Crippen molar-refractivity contribution >= 4 is 16.5 Å². The van der Waals surface area contributed by atoms with Gasteiger partial charge in [-0.1, -0.05) is 0 Å². The van der Waals surface area contributed by atoms with Gasteiger partial charge >= 0.3 is 0 Å². The van der Waals surface area contributed by atoms with Gasteiger partial charge in [0, 0.05) is 35.5 Å². The van der Waals surface area contributed by atoms with Gasteiger partial charge in [0.1, 0.15) is 6.33 Å². The number of H-pyrrole nitrogens is 1. The summed E-state index contributed by atoms with van der Waals surface area (Å²) in [6, 6.07) is 2.34. The molecule has 0 aliphatic carbocycles. The molecule has 8 heteroatoms. The van der Waals surface area contributed by atoms with Crippen LogP contribution in [0.15, 0.2) is 17.8 Å². The predicted molar refractivity (Wildman–Crippen MR) is 91.3 cm³/mol. The van der Waals surface area contributed by atoms with E-state index in [2.05, 4.69) is 45.8 Å².